The molecule has 6 rings (SSSR count). The maximum absolute atomic E-state index is 6.23. The van der Waals surface area contributed by atoms with E-state index in [9.17, 15) is 0 Å². The third-order valence-electron chi connectivity index (χ3n) is 6.69. The van der Waals surface area contributed by atoms with Gasteiger partial charge in [0.25, 0.3) is 6.71 Å². The van der Waals surface area contributed by atoms with E-state index in [1.165, 1.54) is 38.6 Å². The second-order valence-electron chi connectivity index (χ2n) is 8.94. The van der Waals surface area contributed by atoms with Gasteiger partial charge in [0.15, 0.2) is 0 Å². The average Bonchev–Trinajstić information content (AvgIpc) is 2.87. The highest BCUT2D eigenvalue weighted by Gasteiger charge is 2.32. The van der Waals surface area contributed by atoms with Gasteiger partial charge in [-0.2, -0.15) is 0 Å². The fourth-order valence-corrected chi connectivity index (χ4v) is 5.24. The molecule has 0 aliphatic carbocycles. The molecular weight excluding hydrogens is 413 g/mol. The van der Waals surface area contributed by atoms with E-state index in [4.69, 9.17) is 4.74 Å². The van der Waals surface area contributed by atoms with E-state index < -0.39 is 0 Å². The molecule has 2 nitrogen and oxygen atoms in total. The number of rotatable bonds is 3. The summed E-state index contributed by atoms with van der Waals surface area (Å²) in [5.74, 6) is 1.87. The van der Waals surface area contributed by atoms with E-state index in [0.29, 0.717) is 0 Å². The van der Waals surface area contributed by atoms with E-state index >= 15 is 0 Å². The maximum atomic E-state index is 6.23. The van der Waals surface area contributed by atoms with Crippen molar-refractivity contribution in [2.24, 2.45) is 0 Å². The van der Waals surface area contributed by atoms with E-state index in [1.807, 2.05) is 24.4 Å². The monoisotopic (exact) mass is 437 g/mol. The third-order valence-corrected chi connectivity index (χ3v) is 6.69. The molecule has 1 aliphatic rings. The summed E-state index contributed by atoms with van der Waals surface area (Å²) in [7, 11) is 0. The summed E-state index contributed by atoms with van der Waals surface area (Å²) < 4.78 is 6.23. The van der Waals surface area contributed by atoms with Gasteiger partial charge in [-0.15, -0.1) is 0 Å². The molecule has 0 spiro atoms. The number of pyridine rings is 1. The Kier molecular flexibility index (Phi) is 5.03. The number of aryl methyl sites for hydroxylation is 2. The molecule has 2 heterocycles. The van der Waals surface area contributed by atoms with Gasteiger partial charge < -0.3 is 4.74 Å². The Morgan fingerprint density at radius 1 is 0.618 bits per heavy atom. The van der Waals surface area contributed by atoms with Gasteiger partial charge in [-0.05, 0) is 71.3 Å². The second-order valence-corrected chi connectivity index (χ2v) is 8.94. The Morgan fingerprint density at radius 2 is 1.21 bits per heavy atom. The zero-order valence-electron chi connectivity index (χ0n) is 19.3. The second kappa shape index (κ2) is 8.35. The summed E-state index contributed by atoms with van der Waals surface area (Å²) in [6.07, 6.45) is 1.91. The molecule has 5 aromatic rings. The van der Waals surface area contributed by atoms with Crippen LogP contribution < -0.4 is 21.1 Å². The van der Waals surface area contributed by atoms with Crippen LogP contribution in [0.2, 0.25) is 0 Å². The normalized spacial score (nSPS) is 12.0. The van der Waals surface area contributed by atoms with Crippen molar-refractivity contribution in [3.05, 3.63) is 120 Å². The van der Waals surface area contributed by atoms with Crippen LogP contribution in [-0.4, -0.2) is 11.7 Å². The van der Waals surface area contributed by atoms with Crippen LogP contribution in [0.5, 0.6) is 11.5 Å². The van der Waals surface area contributed by atoms with E-state index in [2.05, 4.69) is 104 Å². The molecule has 0 radical (unpaired) electrons. The molecule has 34 heavy (non-hydrogen) atoms. The minimum atomic E-state index is 0.143. The number of ether oxygens (including phenoxy) is 1. The topological polar surface area (TPSA) is 22.1 Å². The molecule has 1 aromatic heterocycles. The minimum Gasteiger partial charge on any atom is -0.458 e. The zero-order chi connectivity index (χ0) is 23.1. The molecular formula is C31H24BNO. The fraction of sp³-hybridized carbons (Fsp3) is 0.0645. The van der Waals surface area contributed by atoms with Gasteiger partial charge in [0.1, 0.15) is 11.5 Å². The highest BCUT2D eigenvalue weighted by atomic mass is 16.5. The Morgan fingerprint density at radius 3 is 1.85 bits per heavy atom. The van der Waals surface area contributed by atoms with Crippen LogP contribution in [0, 0.1) is 13.8 Å². The van der Waals surface area contributed by atoms with E-state index in [0.717, 1.165) is 22.8 Å². The lowest BCUT2D eigenvalue weighted by atomic mass is 9.35. The first-order chi connectivity index (χ1) is 16.7. The van der Waals surface area contributed by atoms with E-state index in [1.54, 1.807) is 0 Å². The molecule has 0 atom stereocenters. The molecule has 0 amide bonds. The molecule has 4 aromatic carbocycles. The number of benzene rings is 4. The lowest BCUT2D eigenvalue weighted by Gasteiger charge is -2.27. The van der Waals surface area contributed by atoms with Crippen molar-refractivity contribution in [2.75, 3.05) is 0 Å². The van der Waals surface area contributed by atoms with Gasteiger partial charge in [0.05, 0.1) is 5.69 Å². The lowest BCUT2D eigenvalue weighted by molar-refractivity contribution is 0.487. The molecule has 3 heteroatoms. The highest BCUT2D eigenvalue weighted by molar-refractivity contribution is 6.97. The molecule has 0 fully saturated rings. The van der Waals surface area contributed by atoms with Crippen LogP contribution in [0.3, 0.4) is 0 Å². The van der Waals surface area contributed by atoms with Crippen molar-refractivity contribution in [3.8, 4) is 33.9 Å². The van der Waals surface area contributed by atoms with Crippen LogP contribution >= 0.6 is 0 Å². The molecule has 0 unspecified atom stereocenters. The molecule has 0 saturated heterocycles. The molecule has 0 bridgehead atoms. The van der Waals surface area contributed by atoms with Crippen molar-refractivity contribution in [2.45, 2.75) is 13.8 Å². The van der Waals surface area contributed by atoms with Crippen LogP contribution in [0.25, 0.3) is 22.4 Å². The number of para-hydroxylation sites is 2. The molecule has 0 saturated carbocycles. The molecule has 0 N–H and O–H groups in total. The summed E-state index contributed by atoms with van der Waals surface area (Å²) >= 11 is 0. The predicted molar refractivity (Wildman–Crippen MR) is 142 cm³/mol. The summed E-state index contributed by atoms with van der Waals surface area (Å²) in [6, 6.07) is 36.1. The molecule has 162 valence electrons. The van der Waals surface area contributed by atoms with Gasteiger partial charge >= 0.3 is 0 Å². The highest BCUT2D eigenvalue weighted by Crippen LogP contribution is 2.30. The Bertz CT molecular complexity index is 1440. The van der Waals surface area contributed by atoms with Crippen LogP contribution in [-0.2, 0) is 0 Å². The van der Waals surface area contributed by atoms with Crippen molar-refractivity contribution in [1.29, 1.82) is 0 Å². The number of hydrogen-bond acceptors (Lipinski definition) is 2. The number of fused-ring (bicyclic) bond motifs is 2. The van der Waals surface area contributed by atoms with Crippen molar-refractivity contribution in [3.63, 3.8) is 0 Å². The first-order valence-electron chi connectivity index (χ1n) is 11.7. The molecule has 1 aliphatic heterocycles. The number of nitrogens with zero attached hydrogens (tertiary/aromatic N) is 1. The van der Waals surface area contributed by atoms with Crippen LogP contribution in [0.15, 0.2) is 109 Å². The Balaban J connectivity index is 1.47. The quantitative estimate of drug-likeness (QED) is 0.334. The Hall–Kier alpha value is -4.11. The first kappa shape index (κ1) is 20.5. The van der Waals surface area contributed by atoms with Crippen LogP contribution in [0.1, 0.15) is 11.1 Å². The maximum Gasteiger partial charge on any atom is 0.250 e. The Labute approximate surface area is 201 Å². The van der Waals surface area contributed by atoms with Gasteiger partial charge in [-0.3, -0.25) is 4.98 Å². The largest absolute Gasteiger partial charge is 0.458 e. The SMILES string of the molecule is Cc1cc(B2c3ccccc3Oc3ccccc32)cc(C)c1-c1ccnc(-c2ccccc2)c1. The van der Waals surface area contributed by atoms with Crippen molar-refractivity contribution in [1.82, 2.24) is 4.98 Å². The smallest absolute Gasteiger partial charge is 0.250 e. The summed E-state index contributed by atoms with van der Waals surface area (Å²) in [6.45, 7) is 4.57. The van der Waals surface area contributed by atoms with Crippen molar-refractivity contribution < 1.29 is 4.74 Å². The first-order valence-corrected chi connectivity index (χ1v) is 11.7. The third kappa shape index (κ3) is 3.50. The number of hydrogen-bond donors (Lipinski definition) is 0. The minimum absolute atomic E-state index is 0.143. The van der Waals surface area contributed by atoms with Crippen molar-refractivity contribution >= 4 is 23.1 Å². The fourth-order valence-electron chi connectivity index (χ4n) is 5.24. The summed E-state index contributed by atoms with van der Waals surface area (Å²) in [4.78, 5) is 4.62. The predicted octanol–water partition coefficient (Wildman–Crippen LogP) is 5.65. The number of aromatic nitrogens is 1. The lowest BCUT2D eigenvalue weighted by Crippen LogP contribution is -2.55. The van der Waals surface area contributed by atoms with Gasteiger partial charge in [0, 0.05) is 11.8 Å². The summed E-state index contributed by atoms with van der Waals surface area (Å²) in [5, 5.41) is 0. The summed E-state index contributed by atoms with van der Waals surface area (Å²) in [5.41, 5.74) is 10.8. The standard InChI is InChI=1S/C31H24BNO/c1-21-18-25(32-26-12-6-8-14-29(26)34-30-15-9-7-13-27(30)32)19-22(2)31(21)24-16-17-33-28(20-24)23-10-4-3-5-11-23/h3-20H,1-2H3. The van der Waals surface area contributed by atoms with Crippen LogP contribution in [0.4, 0.5) is 0 Å². The van der Waals surface area contributed by atoms with Gasteiger partial charge in [0.2, 0.25) is 0 Å². The van der Waals surface area contributed by atoms with Gasteiger partial charge in [-0.25, -0.2) is 0 Å². The average molecular weight is 437 g/mol. The van der Waals surface area contributed by atoms with E-state index in [-0.39, 0.29) is 6.71 Å². The van der Waals surface area contributed by atoms with Gasteiger partial charge in [-0.1, -0.05) is 84.3 Å². The zero-order valence-corrected chi connectivity index (χ0v) is 19.3.